The molecule has 0 saturated carbocycles. The zero-order valence-electron chi connectivity index (χ0n) is 17.6. The van der Waals surface area contributed by atoms with Gasteiger partial charge in [-0.3, -0.25) is 9.59 Å². The molecular weight excluding hydrogens is 438 g/mol. The number of carbonyl (C=O) groups is 2. The Morgan fingerprint density at radius 2 is 1.81 bits per heavy atom. The summed E-state index contributed by atoms with van der Waals surface area (Å²) >= 11 is 1.15. The largest absolute Gasteiger partial charge is 0.379 e. The lowest BCUT2D eigenvalue weighted by Gasteiger charge is -2.25. The minimum absolute atomic E-state index is 0.0902. The van der Waals surface area contributed by atoms with E-state index in [1.807, 2.05) is 31.2 Å². The number of nitrogens with one attached hydrogen (secondary N) is 2. The highest BCUT2D eigenvalue weighted by Crippen LogP contribution is 2.25. The molecule has 31 heavy (non-hydrogen) atoms. The van der Waals surface area contributed by atoms with E-state index >= 15 is 0 Å². The lowest BCUT2D eigenvalue weighted by atomic mass is 10.0. The quantitative estimate of drug-likeness (QED) is 0.620. The number of hydrogen-bond donors (Lipinski definition) is 2. The molecular formula is C21H27N3O5S2. The Bertz CT molecular complexity index is 1010. The van der Waals surface area contributed by atoms with Gasteiger partial charge in [-0.2, -0.15) is 4.31 Å². The predicted molar refractivity (Wildman–Crippen MR) is 118 cm³/mol. The molecule has 0 spiro atoms. The van der Waals surface area contributed by atoms with Gasteiger partial charge in [0.15, 0.2) is 0 Å². The molecule has 1 aromatic heterocycles. The van der Waals surface area contributed by atoms with Crippen LogP contribution < -0.4 is 10.6 Å². The summed E-state index contributed by atoms with van der Waals surface area (Å²) < 4.78 is 32.3. The van der Waals surface area contributed by atoms with Gasteiger partial charge >= 0.3 is 0 Å². The van der Waals surface area contributed by atoms with Crippen LogP contribution in [0.25, 0.3) is 0 Å². The van der Waals surface area contributed by atoms with Gasteiger partial charge in [-0.15, -0.1) is 11.3 Å². The first-order valence-corrected chi connectivity index (χ1v) is 12.3. The molecule has 1 unspecified atom stereocenters. The third-order valence-electron chi connectivity index (χ3n) is 4.91. The Kier molecular flexibility index (Phi) is 7.82. The van der Waals surface area contributed by atoms with Crippen molar-refractivity contribution in [3.05, 3.63) is 52.4 Å². The summed E-state index contributed by atoms with van der Waals surface area (Å²) in [6.07, 6.45) is 0.0902. The van der Waals surface area contributed by atoms with Crippen molar-refractivity contribution in [1.82, 2.24) is 14.9 Å². The van der Waals surface area contributed by atoms with Crippen LogP contribution in [-0.2, 0) is 30.9 Å². The van der Waals surface area contributed by atoms with Crippen molar-refractivity contribution in [3.8, 4) is 0 Å². The topological polar surface area (TPSA) is 105 Å². The number of ether oxygens (including phenoxy) is 1. The summed E-state index contributed by atoms with van der Waals surface area (Å²) in [5, 5.41) is 5.63. The fourth-order valence-corrected chi connectivity index (χ4v) is 6.10. The molecule has 0 aliphatic carbocycles. The van der Waals surface area contributed by atoms with E-state index < -0.39 is 16.1 Å². The number of thiophene rings is 1. The van der Waals surface area contributed by atoms with Crippen LogP contribution in [-0.4, -0.2) is 50.8 Å². The number of nitrogens with zero attached hydrogens (tertiary/aromatic N) is 1. The molecule has 0 bridgehead atoms. The van der Waals surface area contributed by atoms with Crippen LogP contribution in [0.15, 0.2) is 40.6 Å². The highest BCUT2D eigenvalue weighted by atomic mass is 32.2. The lowest BCUT2D eigenvalue weighted by Crippen LogP contribution is -2.40. The van der Waals surface area contributed by atoms with Crippen molar-refractivity contribution < 1.29 is 22.7 Å². The van der Waals surface area contributed by atoms with Crippen molar-refractivity contribution >= 4 is 33.2 Å². The second-order valence-electron chi connectivity index (χ2n) is 7.38. The van der Waals surface area contributed by atoms with E-state index in [0.29, 0.717) is 26.3 Å². The summed E-state index contributed by atoms with van der Waals surface area (Å²) in [5.74, 6) is -0.445. The number of rotatable bonds is 8. The van der Waals surface area contributed by atoms with Crippen molar-refractivity contribution in [2.75, 3.05) is 26.3 Å². The zero-order chi connectivity index (χ0) is 22.4. The fraction of sp³-hybridized carbons (Fsp3) is 0.429. The molecule has 0 radical (unpaired) electrons. The molecule has 1 aromatic carbocycles. The molecule has 8 nitrogen and oxygen atoms in total. The van der Waals surface area contributed by atoms with Crippen molar-refractivity contribution in [2.24, 2.45) is 0 Å². The van der Waals surface area contributed by atoms with Crippen LogP contribution >= 0.6 is 11.3 Å². The average Bonchev–Trinajstić information content (AvgIpc) is 3.23. The van der Waals surface area contributed by atoms with Crippen LogP contribution in [0.3, 0.4) is 0 Å². The third-order valence-corrected chi connectivity index (χ3v) is 8.36. The molecule has 10 heteroatoms. The van der Waals surface area contributed by atoms with Crippen LogP contribution in [0, 0.1) is 6.92 Å². The van der Waals surface area contributed by atoms with E-state index in [4.69, 9.17) is 4.74 Å². The number of carbonyl (C=O) groups excluding carboxylic acids is 2. The summed E-state index contributed by atoms with van der Waals surface area (Å²) in [5.41, 5.74) is 1.95. The van der Waals surface area contributed by atoms with Crippen molar-refractivity contribution in [3.63, 3.8) is 0 Å². The molecule has 1 saturated heterocycles. The second kappa shape index (κ2) is 10.4. The van der Waals surface area contributed by atoms with E-state index in [2.05, 4.69) is 10.6 Å². The van der Waals surface area contributed by atoms with Crippen molar-refractivity contribution in [2.45, 2.75) is 37.1 Å². The van der Waals surface area contributed by atoms with Crippen molar-refractivity contribution in [1.29, 1.82) is 0 Å². The number of hydrogen-bond acceptors (Lipinski definition) is 6. The monoisotopic (exact) mass is 465 g/mol. The van der Waals surface area contributed by atoms with Gasteiger partial charge < -0.3 is 15.4 Å². The minimum atomic E-state index is -3.54. The Labute approximate surface area is 186 Å². The molecule has 1 aliphatic heterocycles. The first-order valence-electron chi connectivity index (χ1n) is 10.0. The molecule has 2 heterocycles. The van der Waals surface area contributed by atoms with Gasteiger partial charge in [0, 0.05) is 24.9 Å². The standard InChI is InChI=1S/C21H27N3O5S2/c1-15-3-5-17(6-4-15)19(23-16(2)25)13-20(26)22-14-18-7-8-21(30-18)31(27,28)24-9-11-29-12-10-24/h3-8,19H,9-14H2,1-2H3,(H,22,26)(H,23,25). The summed E-state index contributed by atoms with van der Waals surface area (Å²) in [4.78, 5) is 24.8. The van der Waals surface area contributed by atoms with E-state index in [9.17, 15) is 18.0 Å². The van der Waals surface area contributed by atoms with Gasteiger partial charge in [-0.1, -0.05) is 29.8 Å². The fourth-order valence-electron chi connectivity index (χ4n) is 3.25. The Hall–Kier alpha value is -2.27. The first kappa shape index (κ1) is 23.4. The highest BCUT2D eigenvalue weighted by molar-refractivity contribution is 7.91. The second-order valence-corrected chi connectivity index (χ2v) is 10.7. The van der Waals surface area contributed by atoms with E-state index in [1.165, 1.54) is 11.2 Å². The van der Waals surface area contributed by atoms with Crippen LogP contribution in [0.2, 0.25) is 0 Å². The number of amides is 2. The Morgan fingerprint density at radius 3 is 2.45 bits per heavy atom. The van der Waals surface area contributed by atoms with Crippen LogP contribution in [0.1, 0.15) is 35.4 Å². The maximum Gasteiger partial charge on any atom is 0.252 e. The Morgan fingerprint density at radius 1 is 1.13 bits per heavy atom. The van der Waals surface area contributed by atoms with E-state index in [-0.39, 0.29) is 29.0 Å². The summed E-state index contributed by atoms with van der Waals surface area (Å²) in [6, 6.07) is 10.5. The molecule has 2 N–H and O–H groups in total. The van der Waals surface area contributed by atoms with Gasteiger partial charge in [0.05, 0.1) is 32.2 Å². The summed E-state index contributed by atoms with van der Waals surface area (Å²) in [7, 11) is -3.54. The molecule has 3 rings (SSSR count). The van der Waals surface area contributed by atoms with E-state index in [0.717, 1.165) is 27.3 Å². The highest BCUT2D eigenvalue weighted by Gasteiger charge is 2.27. The normalized spacial score (nSPS) is 15.9. The maximum absolute atomic E-state index is 12.7. The zero-order valence-corrected chi connectivity index (χ0v) is 19.2. The predicted octanol–water partition coefficient (Wildman–Crippen LogP) is 1.96. The average molecular weight is 466 g/mol. The van der Waals surface area contributed by atoms with Crippen LogP contribution in [0.4, 0.5) is 0 Å². The molecule has 2 aromatic rings. The van der Waals surface area contributed by atoms with Crippen LogP contribution in [0.5, 0.6) is 0 Å². The van der Waals surface area contributed by atoms with Gasteiger partial charge in [-0.05, 0) is 24.6 Å². The smallest absolute Gasteiger partial charge is 0.252 e. The molecule has 1 fully saturated rings. The summed E-state index contributed by atoms with van der Waals surface area (Å²) in [6.45, 7) is 5.09. The van der Waals surface area contributed by atoms with Gasteiger partial charge in [-0.25, -0.2) is 8.42 Å². The maximum atomic E-state index is 12.7. The van der Waals surface area contributed by atoms with Gasteiger partial charge in [0.2, 0.25) is 11.8 Å². The molecule has 2 amide bonds. The number of aryl methyl sites for hydroxylation is 1. The minimum Gasteiger partial charge on any atom is -0.379 e. The van der Waals surface area contributed by atoms with Gasteiger partial charge in [0.25, 0.3) is 10.0 Å². The number of benzene rings is 1. The number of morpholine rings is 1. The van der Waals surface area contributed by atoms with Gasteiger partial charge in [0.1, 0.15) is 4.21 Å². The molecule has 1 atom stereocenters. The SMILES string of the molecule is CC(=O)NC(CC(=O)NCc1ccc(S(=O)(=O)N2CCOCC2)s1)c1ccc(C)cc1. The Balaban J connectivity index is 1.59. The third kappa shape index (κ3) is 6.36. The molecule has 168 valence electrons. The first-order chi connectivity index (χ1) is 14.8. The number of sulfonamides is 1. The molecule has 1 aliphatic rings. The lowest BCUT2D eigenvalue weighted by molar-refractivity contribution is -0.122. The van der Waals surface area contributed by atoms with E-state index in [1.54, 1.807) is 12.1 Å².